The second-order valence-corrected chi connectivity index (χ2v) is 18.9. The molecule has 11 aromatic rings. The van der Waals surface area contributed by atoms with Crippen molar-refractivity contribution in [3.63, 3.8) is 0 Å². The molecule has 2 aliphatic rings. The summed E-state index contributed by atoms with van der Waals surface area (Å²) in [4.78, 5) is 5.47. The smallest absolute Gasteiger partial charge is 0.252 e. The first-order chi connectivity index (χ1) is 30.3. The molecule has 0 amide bonds. The zero-order valence-corrected chi connectivity index (χ0v) is 35.7. The van der Waals surface area contributed by atoms with Crippen molar-refractivity contribution in [2.45, 2.75) is 46.0 Å². The average Bonchev–Trinajstić information content (AvgIpc) is 3.86. The fourth-order valence-electron chi connectivity index (χ4n) is 11.2. The van der Waals surface area contributed by atoms with Crippen LogP contribution < -0.4 is 16.4 Å². The Morgan fingerprint density at radius 3 is 1.77 bits per heavy atom. The minimum atomic E-state index is -0.108. The lowest BCUT2D eigenvalue weighted by molar-refractivity contribution is 0.589. The van der Waals surface area contributed by atoms with Gasteiger partial charge in [0, 0.05) is 33.1 Å². The largest absolute Gasteiger partial charge is 0.310 e. The summed E-state index contributed by atoms with van der Waals surface area (Å²) in [5, 5.41) is 7.76. The van der Waals surface area contributed by atoms with Crippen molar-refractivity contribution in [3.8, 4) is 45.0 Å². The summed E-state index contributed by atoms with van der Waals surface area (Å²) in [6, 6.07) is 63.8. The Balaban J connectivity index is 1.32. The first-order valence-electron chi connectivity index (χ1n) is 22.1. The molecule has 13 rings (SSSR count). The van der Waals surface area contributed by atoms with Gasteiger partial charge in [-0.2, -0.15) is 0 Å². The van der Waals surface area contributed by atoms with E-state index in [-0.39, 0.29) is 12.1 Å². The maximum Gasteiger partial charge on any atom is 0.252 e. The van der Waals surface area contributed by atoms with Crippen LogP contribution in [0.2, 0.25) is 0 Å². The highest BCUT2D eigenvalue weighted by atomic mass is 15.1. The van der Waals surface area contributed by atoms with Gasteiger partial charge in [-0.1, -0.05) is 180 Å². The number of imidazole rings is 1. The predicted molar refractivity (Wildman–Crippen MR) is 264 cm³/mol. The standard InChI is InChI=1S/C58H44BN3/c1-34(2)38-28-29-42-47(30-38)61-48-31-39(58(3,4)5)32-49-54(48)59(44-26-17-27-46-55(44)62(49)57(60-46)37-22-13-8-14-23-37)45-33-43-50(35-18-9-6-10-19-35)40-24-15-16-25-41(40)51(36-20-11-7-12-21-36)52(43)53(42)56(45)61/h6-34H,1-5H3. The van der Waals surface area contributed by atoms with E-state index in [1.54, 1.807) is 0 Å². The van der Waals surface area contributed by atoms with Gasteiger partial charge >= 0.3 is 0 Å². The van der Waals surface area contributed by atoms with Gasteiger partial charge in [0.1, 0.15) is 5.82 Å². The molecule has 3 nitrogen and oxygen atoms in total. The average molecular weight is 794 g/mol. The lowest BCUT2D eigenvalue weighted by Crippen LogP contribution is -2.59. The fraction of sp³-hybridized carbons (Fsp3) is 0.121. The van der Waals surface area contributed by atoms with E-state index >= 15 is 0 Å². The van der Waals surface area contributed by atoms with Crippen molar-refractivity contribution in [2.75, 3.05) is 0 Å². The van der Waals surface area contributed by atoms with Gasteiger partial charge in [0.15, 0.2) is 0 Å². The highest BCUT2D eigenvalue weighted by Crippen LogP contribution is 2.50. The van der Waals surface area contributed by atoms with Gasteiger partial charge in [-0.3, -0.25) is 4.57 Å². The van der Waals surface area contributed by atoms with Crippen molar-refractivity contribution in [2.24, 2.45) is 0 Å². The predicted octanol–water partition coefficient (Wildman–Crippen LogP) is 13.0. The molecule has 0 saturated heterocycles. The maximum atomic E-state index is 5.47. The van der Waals surface area contributed by atoms with E-state index in [9.17, 15) is 0 Å². The molecule has 0 radical (unpaired) electrons. The Kier molecular flexibility index (Phi) is 7.28. The van der Waals surface area contributed by atoms with Crippen LogP contribution in [0.3, 0.4) is 0 Å². The van der Waals surface area contributed by atoms with E-state index in [0.717, 1.165) is 16.9 Å². The Morgan fingerprint density at radius 2 is 1.11 bits per heavy atom. The first kappa shape index (κ1) is 35.6. The van der Waals surface area contributed by atoms with Crippen LogP contribution in [0, 0.1) is 0 Å². The summed E-state index contributed by atoms with van der Waals surface area (Å²) in [6.45, 7) is 11.7. The zero-order chi connectivity index (χ0) is 41.6. The molecule has 0 saturated carbocycles. The van der Waals surface area contributed by atoms with Gasteiger partial charge < -0.3 is 4.57 Å². The van der Waals surface area contributed by atoms with Crippen LogP contribution in [0.25, 0.3) is 99.4 Å². The molecule has 0 aliphatic carbocycles. The second-order valence-electron chi connectivity index (χ2n) is 18.9. The van der Waals surface area contributed by atoms with Crippen LogP contribution in [-0.2, 0) is 5.41 Å². The van der Waals surface area contributed by atoms with Crippen LogP contribution in [0.4, 0.5) is 0 Å². The Hall–Kier alpha value is -7.17. The Labute approximate surface area is 362 Å². The minimum absolute atomic E-state index is 0.0194. The van der Waals surface area contributed by atoms with Crippen molar-refractivity contribution >= 4 is 77.5 Å². The number of hydrogen-bond donors (Lipinski definition) is 0. The normalized spacial score (nSPS) is 13.0. The van der Waals surface area contributed by atoms with Gasteiger partial charge in [0.05, 0.1) is 22.1 Å². The molecule has 0 bridgehead atoms. The zero-order valence-electron chi connectivity index (χ0n) is 35.7. The SMILES string of the molecule is CC(C)c1ccc2c3c4c(-c5ccccc5)c5ccccc5c(-c5ccccc5)c4cc4c3n(c2c1)-c1cc(C(C)(C)C)cc2c1B4c1cccc3nc(-c4ccccc4)n-2c13. The lowest BCUT2D eigenvalue weighted by Gasteiger charge is -2.36. The fourth-order valence-corrected chi connectivity index (χ4v) is 11.2. The van der Waals surface area contributed by atoms with Crippen LogP contribution >= 0.6 is 0 Å². The van der Waals surface area contributed by atoms with Gasteiger partial charge in [0.2, 0.25) is 0 Å². The molecule has 2 aromatic heterocycles. The van der Waals surface area contributed by atoms with E-state index in [1.807, 2.05) is 0 Å². The third kappa shape index (κ3) is 4.75. The van der Waals surface area contributed by atoms with Crippen LogP contribution in [-0.4, -0.2) is 20.8 Å². The van der Waals surface area contributed by atoms with E-state index in [2.05, 4.69) is 214 Å². The van der Waals surface area contributed by atoms with Gasteiger partial charge in [-0.05, 0) is 102 Å². The van der Waals surface area contributed by atoms with Crippen molar-refractivity contribution in [1.29, 1.82) is 0 Å². The van der Waals surface area contributed by atoms with E-state index in [1.165, 1.54) is 110 Å². The molecule has 0 atom stereocenters. The van der Waals surface area contributed by atoms with Gasteiger partial charge in [-0.15, -0.1) is 0 Å². The molecular weight excluding hydrogens is 749 g/mol. The van der Waals surface area contributed by atoms with Gasteiger partial charge in [-0.25, -0.2) is 4.98 Å². The van der Waals surface area contributed by atoms with Crippen LogP contribution in [0.15, 0.2) is 170 Å². The molecule has 62 heavy (non-hydrogen) atoms. The molecule has 0 fully saturated rings. The molecular formula is C58H44BN3. The van der Waals surface area contributed by atoms with E-state index in [0.29, 0.717) is 5.92 Å². The lowest BCUT2D eigenvalue weighted by atomic mass is 9.34. The third-order valence-electron chi connectivity index (χ3n) is 14.0. The summed E-state index contributed by atoms with van der Waals surface area (Å²) in [5.41, 5.74) is 20.0. The molecule has 0 unspecified atom stereocenters. The number of nitrogens with zero attached hydrogens (tertiary/aromatic N) is 3. The summed E-state index contributed by atoms with van der Waals surface area (Å²) >= 11 is 0. The van der Waals surface area contributed by atoms with E-state index in [4.69, 9.17) is 4.98 Å². The summed E-state index contributed by atoms with van der Waals surface area (Å²) in [7, 11) is 0. The quantitative estimate of drug-likeness (QED) is 0.129. The van der Waals surface area contributed by atoms with E-state index < -0.39 is 0 Å². The summed E-state index contributed by atoms with van der Waals surface area (Å²) in [6.07, 6.45) is 0. The number of aromatic nitrogens is 3. The van der Waals surface area contributed by atoms with Gasteiger partial charge in [0.25, 0.3) is 6.71 Å². The third-order valence-corrected chi connectivity index (χ3v) is 14.0. The maximum absolute atomic E-state index is 5.47. The van der Waals surface area contributed by atoms with Crippen LogP contribution in [0.1, 0.15) is 51.7 Å². The number of hydrogen-bond acceptors (Lipinski definition) is 1. The van der Waals surface area contributed by atoms with Crippen molar-refractivity contribution in [3.05, 3.63) is 181 Å². The number of benzene rings is 9. The molecule has 4 heteroatoms. The van der Waals surface area contributed by atoms with Crippen molar-refractivity contribution < 1.29 is 0 Å². The Bertz CT molecular complexity index is 3680. The monoisotopic (exact) mass is 793 g/mol. The Morgan fingerprint density at radius 1 is 0.500 bits per heavy atom. The first-order valence-corrected chi connectivity index (χ1v) is 22.1. The molecule has 0 N–H and O–H groups in total. The summed E-state index contributed by atoms with van der Waals surface area (Å²) in [5.74, 6) is 1.36. The summed E-state index contributed by atoms with van der Waals surface area (Å²) < 4.78 is 5.17. The molecule has 4 heterocycles. The molecule has 9 aromatic carbocycles. The second kappa shape index (κ2) is 12.7. The minimum Gasteiger partial charge on any atom is -0.310 e. The molecule has 294 valence electrons. The topological polar surface area (TPSA) is 22.8 Å². The van der Waals surface area contributed by atoms with Crippen LogP contribution in [0.5, 0.6) is 0 Å². The van der Waals surface area contributed by atoms with Crippen molar-refractivity contribution in [1.82, 2.24) is 14.1 Å². The number of rotatable bonds is 4. The molecule has 0 spiro atoms. The number of fused-ring (bicyclic) bond motifs is 10. The molecule has 2 aliphatic heterocycles. The number of para-hydroxylation sites is 1. The highest BCUT2D eigenvalue weighted by Gasteiger charge is 2.43. The highest BCUT2D eigenvalue weighted by molar-refractivity contribution is 7.00.